The molecule has 1 nitrogen and oxygen atoms in total. The Labute approximate surface area is 248 Å². The van der Waals surface area contributed by atoms with Gasteiger partial charge in [0.2, 0.25) is 0 Å². The lowest BCUT2D eigenvalue weighted by Crippen LogP contribution is -2.15. The van der Waals surface area contributed by atoms with Crippen LogP contribution in [-0.2, 0) is 0 Å². The molecule has 1 aliphatic rings. The normalized spacial score (nSPS) is 12.6. The Morgan fingerprint density at radius 2 is 0.905 bits per heavy atom. The van der Waals surface area contributed by atoms with Gasteiger partial charge in [0.15, 0.2) is 0 Å². The van der Waals surface area contributed by atoms with Gasteiger partial charge >= 0.3 is 0 Å². The first kappa shape index (κ1) is 23.6. The van der Waals surface area contributed by atoms with Crippen LogP contribution in [0.15, 0.2) is 161 Å². The molecule has 8 aromatic carbocycles. The van der Waals surface area contributed by atoms with Crippen molar-refractivity contribution < 1.29 is 0 Å². The molecule has 9 rings (SSSR count). The van der Waals surface area contributed by atoms with Crippen LogP contribution in [0.5, 0.6) is 0 Å². The lowest BCUT2D eigenvalue weighted by atomic mass is 9.88. The summed E-state index contributed by atoms with van der Waals surface area (Å²) in [5.74, 6) is 0. The first-order valence-electron chi connectivity index (χ1n) is 14.4. The molecular weight excluding hydrogens is 527 g/mol. The fraction of sp³-hybridized carbons (Fsp3) is 0. The largest absolute Gasteiger partial charge is 0.308 e. The van der Waals surface area contributed by atoms with E-state index in [1.165, 1.54) is 81.1 Å². The second kappa shape index (κ2) is 9.24. The monoisotopic (exact) mass is 551 g/mol. The molecule has 0 bridgehead atoms. The fourth-order valence-electron chi connectivity index (χ4n) is 6.79. The second-order valence-corrected chi connectivity index (χ2v) is 12.0. The van der Waals surface area contributed by atoms with E-state index in [-0.39, 0.29) is 0 Å². The van der Waals surface area contributed by atoms with E-state index in [2.05, 4.69) is 157 Å². The maximum absolute atomic E-state index is 2.47. The molecule has 0 unspecified atom stereocenters. The van der Waals surface area contributed by atoms with Gasteiger partial charge in [-0.05, 0) is 85.2 Å². The van der Waals surface area contributed by atoms with Crippen molar-refractivity contribution in [2.75, 3.05) is 4.90 Å². The van der Waals surface area contributed by atoms with Gasteiger partial charge in [0.05, 0.1) is 17.1 Å². The van der Waals surface area contributed by atoms with Crippen molar-refractivity contribution in [1.82, 2.24) is 0 Å². The first-order chi connectivity index (χ1) is 20.8. The minimum absolute atomic E-state index is 1.21. The lowest BCUT2D eigenvalue weighted by molar-refractivity contribution is 1.17. The van der Waals surface area contributed by atoms with Crippen molar-refractivity contribution >= 4 is 71.9 Å². The molecule has 0 saturated heterocycles. The Morgan fingerprint density at radius 1 is 0.357 bits per heavy atom. The molecule has 0 radical (unpaired) electrons. The highest BCUT2D eigenvalue weighted by Gasteiger charge is 2.26. The van der Waals surface area contributed by atoms with E-state index in [9.17, 15) is 0 Å². The van der Waals surface area contributed by atoms with Gasteiger partial charge in [0, 0.05) is 15.2 Å². The average Bonchev–Trinajstić information content (AvgIpc) is 3.06. The van der Waals surface area contributed by atoms with Crippen LogP contribution in [0.4, 0.5) is 17.1 Å². The van der Waals surface area contributed by atoms with Crippen LogP contribution < -0.4 is 4.90 Å². The summed E-state index contributed by atoms with van der Waals surface area (Å²) in [7, 11) is 0. The summed E-state index contributed by atoms with van der Waals surface area (Å²) < 4.78 is 0. The van der Waals surface area contributed by atoms with Crippen LogP contribution in [0.3, 0.4) is 0 Å². The number of fused-ring (bicyclic) bond motifs is 8. The Hall–Kier alpha value is -5.05. The maximum atomic E-state index is 2.47. The summed E-state index contributed by atoms with van der Waals surface area (Å²) in [6.45, 7) is 0. The Kier molecular flexibility index (Phi) is 5.20. The highest BCUT2D eigenvalue weighted by atomic mass is 32.2. The van der Waals surface area contributed by atoms with Crippen molar-refractivity contribution in [3.8, 4) is 11.1 Å². The smallest absolute Gasteiger partial charge is 0.0601 e. The van der Waals surface area contributed by atoms with E-state index in [1.807, 2.05) is 11.8 Å². The number of para-hydroxylation sites is 2. The standard InChI is InChI=1S/C40H25NS/c1-2-14-28-26(12-1)13-11-19-29(28)34-24-27-25-37(31-16-4-6-18-33(31)40(27)32-17-5-3-15-30(32)34)41-35-20-7-9-22-38(35)42-39-23-10-8-21-36(39)41/h1-25H. The molecule has 0 N–H and O–H groups in total. The number of nitrogens with zero attached hydrogens (tertiary/aromatic N) is 1. The van der Waals surface area contributed by atoms with Crippen LogP contribution in [0.2, 0.25) is 0 Å². The van der Waals surface area contributed by atoms with Gasteiger partial charge < -0.3 is 4.90 Å². The molecule has 42 heavy (non-hydrogen) atoms. The highest BCUT2D eigenvalue weighted by Crippen LogP contribution is 2.53. The molecule has 196 valence electrons. The van der Waals surface area contributed by atoms with Gasteiger partial charge in [0.25, 0.3) is 0 Å². The van der Waals surface area contributed by atoms with E-state index in [1.54, 1.807) is 0 Å². The molecule has 0 spiro atoms. The van der Waals surface area contributed by atoms with Crippen molar-refractivity contribution in [2.24, 2.45) is 0 Å². The molecule has 1 heterocycles. The third-order valence-electron chi connectivity index (χ3n) is 8.59. The number of hydrogen-bond acceptors (Lipinski definition) is 2. The van der Waals surface area contributed by atoms with Gasteiger partial charge in [-0.2, -0.15) is 0 Å². The van der Waals surface area contributed by atoms with Crippen molar-refractivity contribution in [3.63, 3.8) is 0 Å². The maximum Gasteiger partial charge on any atom is 0.0601 e. The molecular formula is C40H25NS. The van der Waals surface area contributed by atoms with Gasteiger partial charge in [-0.25, -0.2) is 0 Å². The van der Waals surface area contributed by atoms with Gasteiger partial charge in [-0.3, -0.25) is 0 Å². The van der Waals surface area contributed by atoms with Crippen LogP contribution in [0.25, 0.3) is 54.2 Å². The third kappa shape index (κ3) is 3.46. The Bertz CT molecular complexity index is 2300. The minimum atomic E-state index is 1.21. The molecule has 0 aliphatic carbocycles. The van der Waals surface area contributed by atoms with Crippen molar-refractivity contribution in [3.05, 3.63) is 152 Å². The van der Waals surface area contributed by atoms with Crippen LogP contribution in [-0.4, -0.2) is 0 Å². The third-order valence-corrected chi connectivity index (χ3v) is 9.72. The van der Waals surface area contributed by atoms with Gasteiger partial charge in [0.1, 0.15) is 0 Å². The topological polar surface area (TPSA) is 3.24 Å². The minimum Gasteiger partial charge on any atom is -0.308 e. The first-order valence-corrected chi connectivity index (χ1v) is 15.2. The average molecular weight is 552 g/mol. The van der Waals surface area contributed by atoms with E-state index in [4.69, 9.17) is 0 Å². The van der Waals surface area contributed by atoms with Crippen LogP contribution in [0.1, 0.15) is 0 Å². The number of benzene rings is 8. The fourth-order valence-corrected chi connectivity index (χ4v) is 7.85. The zero-order valence-corrected chi connectivity index (χ0v) is 23.6. The summed E-state index contributed by atoms with van der Waals surface area (Å²) in [6.07, 6.45) is 0. The second-order valence-electron chi connectivity index (χ2n) is 10.9. The summed E-state index contributed by atoms with van der Waals surface area (Å²) >= 11 is 1.85. The molecule has 0 saturated carbocycles. The molecule has 0 atom stereocenters. The summed E-state index contributed by atoms with van der Waals surface area (Å²) in [5, 5.41) is 10.2. The number of hydrogen-bond donors (Lipinski definition) is 0. The molecule has 0 fully saturated rings. The lowest BCUT2D eigenvalue weighted by Gasteiger charge is -2.34. The molecule has 0 amide bonds. The van der Waals surface area contributed by atoms with Gasteiger partial charge in [-0.1, -0.05) is 127 Å². The van der Waals surface area contributed by atoms with E-state index < -0.39 is 0 Å². The summed E-state index contributed by atoms with van der Waals surface area (Å²) in [6, 6.07) is 55.6. The Balaban J connectivity index is 1.43. The van der Waals surface area contributed by atoms with Gasteiger partial charge in [-0.15, -0.1) is 0 Å². The Morgan fingerprint density at radius 3 is 1.64 bits per heavy atom. The van der Waals surface area contributed by atoms with Crippen LogP contribution in [0, 0.1) is 0 Å². The summed E-state index contributed by atoms with van der Waals surface area (Å²) in [5.41, 5.74) is 6.19. The van der Waals surface area contributed by atoms with E-state index in [0.717, 1.165) is 0 Å². The predicted octanol–water partition coefficient (Wildman–Crippen LogP) is 11.9. The SMILES string of the molecule is c1ccc2c(c1)Sc1ccccc1N2c1cc2cc(-c3cccc4ccccc34)c3ccccc3c2c2ccccc12. The van der Waals surface area contributed by atoms with E-state index in [0.29, 0.717) is 0 Å². The summed E-state index contributed by atoms with van der Waals surface area (Å²) in [4.78, 5) is 5.01. The van der Waals surface area contributed by atoms with E-state index >= 15 is 0 Å². The molecule has 1 aliphatic heterocycles. The highest BCUT2D eigenvalue weighted by molar-refractivity contribution is 7.99. The zero-order valence-electron chi connectivity index (χ0n) is 22.8. The zero-order chi connectivity index (χ0) is 27.6. The quantitative estimate of drug-likeness (QED) is 0.197. The molecule has 8 aromatic rings. The van der Waals surface area contributed by atoms with Crippen LogP contribution >= 0.6 is 11.8 Å². The predicted molar refractivity (Wildman–Crippen MR) is 181 cm³/mol. The number of anilines is 3. The van der Waals surface area contributed by atoms with Crippen molar-refractivity contribution in [1.29, 1.82) is 0 Å². The molecule has 2 heteroatoms. The van der Waals surface area contributed by atoms with Crippen molar-refractivity contribution in [2.45, 2.75) is 9.79 Å². The number of rotatable bonds is 2. The molecule has 0 aromatic heterocycles.